The van der Waals surface area contributed by atoms with Gasteiger partial charge in [-0.05, 0) is 166 Å². The molecule has 6 bridgehead atoms. The van der Waals surface area contributed by atoms with Crippen LogP contribution in [-0.4, -0.2) is 6.71 Å². The fourth-order valence-electron chi connectivity index (χ4n) is 12.6. The summed E-state index contributed by atoms with van der Waals surface area (Å²) in [7, 11) is 0. The molecule has 0 unspecified atom stereocenters. The molecule has 300 valence electrons. The van der Waals surface area contributed by atoms with Crippen molar-refractivity contribution in [1.29, 1.82) is 0 Å². The largest absolute Gasteiger partial charge is 0.311 e. The minimum Gasteiger partial charge on any atom is -0.311 e. The van der Waals surface area contributed by atoms with E-state index < -0.39 is 0 Å². The minimum atomic E-state index is 0.0173. The maximum absolute atomic E-state index is 2.74. The van der Waals surface area contributed by atoms with Gasteiger partial charge in [-0.25, -0.2) is 0 Å². The van der Waals surface area contributed by atoms with Crippen LogP contribution in [0, 0.1) is 17.8 Å². The van der Waals surface area contributed by atoms with Crippen LogP contribution in [0.5, 0.6) is 0 Å². The zero-order valence-electron chi connectivity index (χ0n) is 36.9. The van der Waals surface area contributed by atoms with Crippen LogP contribution in [0.4, 0.5) is 34.1 Å². The highest BCUT2D eigenvalue weighted by atomic mass is 32.1. The summed E-state index contributed by atoms with van der Waals surface area (Å²) in [5, 5.41) is 1.37. The minimum absolute atomic E-state index is 0.0173. The first-order valence-corrected chi connectivity index (χ1v) is 23.5. The summed E-state index contributed by atoms with van der Waals surface area (Å²) in [5.41, 5.74) is 17.1. The molecule has 2 nitrogen and oxygen atoms in total. The van der Waals surface area contributed by atoms with E-state index in [2.05, 4.69) is 175 Å². The Hall–Kier alpha value is -4.28. The SMILES string of the molecule is CC(C)(C)c1ccc(N2c3cc(C(C)(C)C)ccc3B3Cc4c2cc(C25CC6CC(CC(C6)C2)C5)cc4N(c2ccc(C(C)(C)C)cc2)c2c3sc3ccccc23)cc1. The molecule has 4 saturated carbocycles. The summed E-state index contributed by atoms with van der Waals surface area (Å²) in [4.78, 5) is 5.46. The average molecular weight is 793 g/mol. The van der Waals surface area contributed by atoms with Crippen molar-refractivity contribution in [2.24, 2.45) is 17.8 Å². The van der Waals surface area contributed by atoms with Crippen molar-refractivity contribution in [2.45, 2.75) is 129 Å². The average Bonchev–Trinajstić information content (AvgIpc) is 3.40. The number of hydrogen-bond donors (Lipinski definition) is 0. The molecule has 0 atom stereocenters. The predicted molar refractivity (Wildman–Crippen MR) is 256 cm³/mol. The van der Waals surface area contributed by atoms with E-state index in [0.717, 1.165) is 24.1 Å². The van der Waals surface area contributed by atoms with E-state index >= 15 is 0 Å². The highest BCUT2D eigenvalue weighted by molar-refractivity contribution is 7.31. The summed E-state index contributed by atoms with van der Waals surface area (Å²) in [6, 6.07) is 41.5. The molecule has 5 aromatic carbocycles. The van der Waals surface area contributed by atoms with E-state index in [9.17, 15) is 0 Å². The van der Waals surface area contributed by atoms with Crippen molar-refractivity contribution >= 4 is 72.5 Å². The van der Waals surface area contributed by atoms with Crippen molar-refractivity contribution in [3.8, 4) is 0 Å². The number of nitrogens with zero attached hydrogens (tertiary/aromatic N) is 2. The summed E-state index contributed by atoms with van der Waals surface area (Å²) >= 11 is 2.03. The highest BCUT2D eigenvalue weighted by Crippen LogP contribution is 2.62. The fourth-order valence-corrected chi connectivity index (χ4v) is 13.9. The molecule has 59 heavy (non-hydrogen) atoms. The third-order valence-electron chi connectivity index (χ3n) is 15.4. The quantitative estimate of drug-likeness (QED) is 0.165. The lowest BCUT2D eigenvalue weighted by Crippen LogP contribution is -2.48. The van der Waals surface area contributed by atoms with Gasteiger partial charge >= 0.3 is 0 Å². The van der Waals surface area contributed by atoms with Gasteiger partial charge in [-0.15, -0.1) is 11.3 Å². The van der Waals surface area contributed by atoms with Gasteiger partial charge in [-0.2, -0.15) is 0 Å². The molecular formula is C55H61BN2S. The number of benzene rings is 5. The molecule has 4 heteroatoms. The number of rotatable bonds is 3. The normalized spacial score (nSPS) is 23.3. The summed E-state index contributed by atoms with van der Waals surface area (Å²) in [5.74, 6) is 2.61. The molecule has 0 saturated heterocycles. The Labute approximate surface area is 358 Å². The fraction of sp³-hybridized carbons (Fsp3) is 0.418. The van der Waals surface area contributed by atoms with E-state index in [1.54, 1.807) is 5.56 Å². The molecule has 6 aliphatic rings. The van der Waals surface area contributed by atoms with Gasteiger partial charge in [-0.1, -0.05) is 117 Å². The second-order valence-corrected chi connectivity index (χ2v) is 23.6. The lowest BCUT2D eigenvalue weighted by atomic mass is 9.40. The molecule has 6 aromatic rings. The van der Waals surface area contributed by atoms with Crippen molar-refractivity contribution in [2.75, 3.05) is 9.80 Å². The standard InChI is InChI=1S/C55H61BN2S/c1-52(2,3)37-14-19-41(20-15-37)57-46-28-40(55-30-34-24-35(31-55)26-36(25-34)32-55)29-47-44(46)33-56(45-23-18-39(27-48(45)57)54(7,8)9)51-50(43-12-10-11-13-49(43)59-51)58(47)42-21-16-38(17-22-42)53(4,5)6/h10-23,27-29,34-36H,24-26,30-33H2,1-9H3. The molecule has 3 heterocycles. The Bertz CT molecular complexity index is 2590. The van der Waals surface area contributed by atoms with E-state index in [1.165, 1.54) is 115 Å². The monoisotopic (exact) mass is 792 g/mol. The second kappa shape index (κ2) is 12.9. The second-order valence-electron chi connectivity index (χ2n) is 22.5. The van der Waals surface area contributed by atoms with Gasteiger partial charge < -0.3 is 9.80 Å². The lowest BCUT2D eigenvalue weighted by molar-refractivity contribution is -0.00515. The van der Waals surface area contributed by atoms with E-state index in [0.29, 0.717) is 0 Å². The maximum atomic E-state index is 2.74. The summed E-state index contributed by atoms with van der Waals surface area (Å²) in [6.07, 6.45) is 9.35. The smallest absolute Gasteiger partial charge is 0.232 e. The third-order valence-corrected chi connectivity index (χ3v) is 16.6. The van der Waals surface area contributed by atoms with Gasteiger partial charge in [0, 0.05) is 31.9 Å². The zero-order chi connectivity index (χ0) is 40.8. The Morgan fingerprint density at radius 3 is 1.63 bits per heavy atom. The Morgan fingerprint density at radius 2 is 1.07 bits per heavy atom. The Morgan fingerprint density at radius 1 is 0.559 bits per heavy atom. The van der Waals surface area contributed by atoms with Crippen LogP contribution < -0.4 is 20.0 Å². The van der Waals surface area contributed by atoms with Gasteiger partial charge in [0.1, 0.15) is 0 Å². The predicted octanol–water partition coefficient (Wildman–Crippen LogP) is 14.2. The van der Waals surface area contributed by atoms with Gasteiger partial charge in [0.05, 0.1) is 17.1 Å². The Kier molecular flexibility index (Phi) is 8.22. The molecule has 0 N–H and O–H groups in total. The molecular weight excluding hydrogens is 731 g/mol. The molecule has 0 amide bonds. The number of thiophene rings is 1. The maximum Gasteiger partial charge on any atom is 0.232 e. The topological polar surface area (TPSA) is 6.48 Å². The van der Waals surface area contributed by atoms with Crippen molar-refractivity contribution in [3.63, 3.8) is 0 Å². The van der Waals surface area contributed by atoms with Crippen molar-refractivity contribution < 1.29 is 0 Å². The van der Waals surface area contributed by atoms with E-state index in [1.807, 2.05) is 11.3 Å². The van der Waals surface area contributed by atoms with E-state index in [4.69, 9.17) is 0 Å². The number of hydrogen-bond acceptors (Lipinski definition) is 3. The third kappa shape index (κ3) is 6.00. The molecule has 4 fully saturated rings. The molecule has 2 aliphatic heterocycles. The number of anilines is 6. The van der Waals surface area contributed by atoms with Crippen molar-refractivity contribution in [1.82, 2.24) is 0 Å². The van der Waals surface area contributed by atoms with Crippen LogP contribution in [0.25, 0.3) is 10.1 Å². The Balaban J connectivity index is 1.26. The van der Waals surface area contributed by atoms with Crippen molar-refractivity contribution in [3.05, 3.63) is 131 Å². The molecule has 0 radical (unpaired) electrons. The zero-order valence-corrected chi connectivity index (χ0v) is 37.7. The van der Waals surface area contributed by atoms with Gasteiger partial charge in [0.25, 0.3) is 0 Å². The van der Waals surface area contributed by atoms with Crippen LogP contribution in [0.1, 0.15) is 129 Å². The first-order chi connectivity index (χ1) is 28.0. The lowest BCUT2D eigenvalue weighted by Gasteiger charge is -2.57. The molecule has 0 spiro atoms. The van der Waals surface area contributed by atoms with Crippen LogP contribution in [0.3, 0.4) is 0 Å². The van der Waals surface area contributed by atoms with Gasteiger partial charge in [0.15, 0.2) is 0 Å². The first-order valence-electron chi connectivity index (χ1n) is 22.7. The first kappa shape index (κ1) is 37.7. The van der Waals surface area contributed by atoms with Crippen LogP contribution in [0.2, 0.25) is 0 Å². The summed E-state index contributed by atoms with van der Waals surface area (Å²) < 4.78 is 2.86. The summed E-state index contributed by atoms with van der Waals surface area (Å²) in [6.45, 7) is 21.3. The molecule has 1 aromatic heterocycles. The number of fused-ring (bicyclic) bond motifs is 7. The molecule has 4 aliphatic carbocycles. The van der Waals surface area contributed by atoms with Crippen LogP contribution in [-0.2, 0) is 28.0 Å². The van der Waals surface area contributed by atoms with E-state index in [-0.39, 0.29) is 28.4 Å². The van der Waals surface area contributed by atoms with Gasteiger partial charge in [0.2, 0.25) is 6.71 Å². The van der Waals surface area contributed by atoms with Gasteiger partial charge in [-0.3, -0.25) is 0 Å². The molecule has 12 rings (SSSR count). The highest BCUT2D eigenvalue weighted by Gasteiger charge is 2.52. The van der Waals surface area contributed by atoms with Crippen LogP contribution in [0.15, 0.2) is 103 Å². The van der Waals surface area contributed by atoms with Crippen LogP contribution >= 0.6 is 11.3 Å².